The van der Waals surface area contributed by atoms with Gasteiger partial charge in [-0.3, -0.25) is 5.10 Å². The van der Waals surface area contributed by atoms with Crippen molar-refractivity contribution in [2.45, 2.75) is 58.3 Å². The zero-order chi connectivity index (χ0) is 15.8. The number of aryl methyl sites for hydroxylation is 3. The van der Waals surface area contributed by atoms with Crippen LogP contribution in [0, 0.1) is 13.8 Å². The Hall–Kier alpha value is -1.98. The highest BCUT2D eigenvalue weighted by atomic mass is 15.3. The van der Waals surface area contributed by atoms with E-state index in [1.54, 1.807) is 0 Å². The molecule has 1 aliphatic heterocycles. The van der Waals surface area contributed by atoms with Crippen LogP contribution in [0.1, 0.15) is 60.2 Å². The number of H-pyrrole nitrogens is 1. The van der Waals surface area contributed by atoms with Crippen molar-refractivity contribution in [3.8, 4) is 0 Å². The lowest BCUT2D eigenvalue weighted by molar-refractivity contribution is 0.485. The van der Waals surface area contributed by atoms with Crippen molar-refractivity contribution >= 4 is 5.95 Å². The SMILES string of the molecule is Cc1nc([C@@H]2CCCN(c3nc(C)c4c(n3)CCCC4)C2)n[nH]1. The average Bonchev–Trinajstić information content (AvgIpc) is 3.01. The number of hydrogen-bond donors (Lipinski definition) is 1. The molecule has 3 heterocycles. The molecule has 2 aromatic heterocycles. The summed E-state index contributed by atoms with van der Waals surface area (Å²) in [5, 5.41) is 7.31. The van der Waals surface area contributed by atoms with Crippen LogP contribution in [0.25, 0.3) is 0 Å². The summed E-state index contributed by atoms with van der Waals surface area (Å²) in [6, 6.07) is 0. The van der Waals surface area contributed by atoms with E-state index < -0.39 is 0 Å². The van der Waals surface area contributed by atoms with E-state index in [2.05, 4.69) is 27.0 Å². The van der Waals surface area contributed by atoms with Gasteiger partial charge in [0.2, 0.25) is 5.95 Å². The number of piperidine rings is 1. The Bertz CT molecular complexity index is 707. The molecule has 6 nitrogen and oxygen atoms in total. The molecule has 0 saturated carbocycles. The molecule has 4 rings (SSSR count). The quantitative estimate of drug-likeness (QED) is 0.922. The Morgan fingerprint density at radius 2 is 1.91 bits per heavy atom. The highest BCUT2D eigenvalue weighted by molar-refractivity contribution is 5.39. The molecule has 0 unspecified atom stereocenters. The molecule has 0 amide bonds. The van der Waals surface area contributed by atoms with Crippen LogP contribution in [0.2, 0.25) is 0 Å². The van der Waals surface area contributed by atoms with Crippen LogP contribution in [-0.2, 0) is 12.8 Å². The first-order valence-electron chi connectivity index (χ1n) is 8.71. The molecule has 2 aromatic rings. The first-order valence-corrected chi connectivity index (χ1v) is 8.71. The summed E-state index contributed by atoms with van der Waals surface area (Å²) in [7, 11) is 0. The number of fused-ring (bicyclic) bond motifs is 1. The largest absolute Gasteiger partial charge is 0.340 e. The van der Waals surface area contributed by atoms with Crippen LogP contribution < -0.4 is 4.90 Å². The van der Waals surface area contributed by atoms with E-state index in [1.165, 1.54) is 29.8 Å². The van der Waals surface area contributed by atoms with E-state index in [4.69, 9.17) is 9.97 Å². The summed E-state index contributed by atoms with van der Waals surface area (Å²) in [6.45, 7) is 6.02. The standard InChI is InChI=1S/C17H24N6/c1-11-14-7-3-4-8-15(14)20-17(18-11)23-9-5-6-13(10-23)16-19-12(2)21-22-16/h13H,3-10H2,1-2H3,(H,19,21,22)/t13-/m1/s1. The predicted molar refractivity (Wildman–Crippen MR) is 88.7 cm³/mol. The fourth-order valence-corrected chi connectivity index (χ4v) is 3.82. The third kappa shape index (κ3) is 2.82. The highest BCUT2D eigenvalue weighted by Gasteiger charge is 2.27. The van der Waals surface area contributed by atoms with Gasteiger partial charge in [0.25, 0.3) is 0 Å². The molecule has 1 fully saturated rings. The van der Waals surface area contributed by atoms with E-state index in [9.17, 15) is 0 Å². The van der Waals surface area contributed by atoms with Gasteiger partial charge in [0, 0.05) is 30.4 Å². The third-order valence-corrected chi connectivity index (χ3v) is 5.06. The predicted octanol–water partition coefficient (Wildman–Crippen LogP) is 2.47. The molecule has 6 heteroatoms. The zero-order valence-electron chi connectivity index (χ0n) is 14.0. The van der Waals surface area contributed by atoms with Crippen molar-refractivity contribution in [3.05, 3.63) is 28.6 Å². The lowest BCUT2D eigenvalue weighted by Crippen LogP contribution is -2.36. The monoisotopic (exact) mass is 312 g/mol. The number of rotatable bonds is 2. The second-order valence-corrected chi connectivity index (χ2v) is 6.81. The molecule has 1 N–H and O–H groups in total. The van der Waals surface area contributed by atoms with Gasteiger partial charge in [0.1, 0.15) is 5.82 Å². The highest BCUT2D eigenvalue weighted by Crippen LogP contribution is 2.29. The molecular formula is C17H24N6. The van der Waals surface area contributed by atoms with Crippen LogP contribution in [0.5, 0.6) is 0 Å². The molecule has 1 atom stereocenters. The van der Waals surface area contributed by atoms with Crippen molar-refractivity contribution in [1.82, 2.24) is 25.1 Å². The maximum absolute atomic E-state index is 4.90. The number of aromatic nitrogens is 5. The van der Waals surface area contributed by atoms with Crippen molar-refractivity contribution in [3.63, 3.8) is 0 Å². The molecule has 122 valence electrons. The summed E-state index contributed by atoms with van der Waals surface area (Å²) in [4.78, 5) is 16.5. The molecule has 1 saturated heterocycles. The van der Waals surface area contributed by atoms with Crippen LogP contribution in [0.3, 0.4) is 0 Å². The van der Waals surface area contributed by atoms with Gasteiger partial charge in [-0.05, 0) is 57.9 Å². The second-order valence-electron chi connectivity index (χ2n) is 6.81. The molecule has 0 aromatic carbocycles. The van der Waals surface area contributed by atoms with Gasteiger partial charge in [-0.25, -0.2) is 15.0 Å². The summed E-state index contributed by atoms with van der Waals surface area (Å²) < 4.78 is 0. The van der Waals surface area contributed by atoms with Gasteiger partial charge in [-0.15, -0.1) is 0 Å². The van der Waals surface area contributed by atoms with E-state index in [0.29, 0.717) is 5.92 Å². The summed E-state index contributed by atoms with van der Waals surface area (Å²) >= 11 is 0. The lowest BCUT2D eigenvalue weighted by atomic mass is 9.95. The molecule has 1 aliphatic carbocycles. The number of nitrogens with zero attached hydrogens (tertiary/aromatic N) is 5. The fraction of sp³-hybridized carbons (Fsp3) is 0.647. The van der Waals surface area contributed by atoms with Gasteiger partial charge in [-0.2, -0.15) is 5.10 Å². The minimum Gasteiger partial charge on any atom is -0.340 e. The van der Waals surface area contributed by atoms with Crippen molar-refractivity contribution in [1.29, 1.82) is 0 Å². The maximum Gasteiger partial charge on any atom is 0.225 e. The second kappa shape index (κ2) is 5.91. The Kier molecular flexibility index (Phi) is 3.75. The molecule has 0 spiro atoms. The normalized spacial score (nSPS) is 21.3. The zero-order valence-corrected chi connectivity index (χ0v) is 14.0. The van der Waals surface area contributed by atoms with Crippen molar-refractivity contribution in [2.24, 2.45) is 0 Å². The number of hydrogen-bond acceptors (Lipinski definition) is 5. The lowest BCUT2D eigenvalue weighted by Gasteiger charge is -2.32. The Balaban J connectivity index is 1.59. The first kappa shape index (κ1) is 14.6. The van der Waals surface area contributed by atoms with Crippen molar-refractivity contribution < 1.29 is 0 Å². The minimum atomic E-state index is 0.369. The first-order chi connectivity index (χ1) is 11.2. The van der Waals surface area contributed by atoms with Crippen LogP contribution in [0.15, 0.2) is 0 Å². The van der Waals surface area contributed by atoms with E-state index in [0.717, 1.165) is 56.4 Å². The van der Waals surface area contributed by atoms with Crippen LogP contribution in [0.4, 0.5) is 5.95 Å². The summed E-state index contributed by atoms with van der Waals surface area (Å²) in [6.07, 6.45) is 7.04. The Labute approximate surface area is 136 Å². The summed E-state index contributed by atoms with van der Waals surface area (Å²) in [5.41, 5.74) is 3.83. The van der Waals surface area contributed by atoms with Crippen molar-refractivity contribution in [2.75, 3.05) is 18.0 Å². The molecule has 2 aliphatic rings. The van der Waals surface area contributed by atoms with E-state index >= 15 is 0 Å². The van der Waals surface area contributed by atoms with E-state index in [-0.39, 0.29) is 0 Å². The van der Waals surface area contributed by atoms with Gasteiger partial charge in [-0.1, -0.05) is 0 Å². The number of anilines is 1. The topological polar surface area (TPSA) is 70.6 Å². The van der Waals surface area contributed by atoms with Crippen LogP contribution >= 0.6 is 0 Å². The summed E-state index contributed by atoms with van der Waals surface area (Å²) in [5.74, 6) is 3.09. The maximum atomic E-state index is 4.90. The number of aromatic amines is 1. The third-order valence-electron chi connectivity index (χ3n) is 5.06. The smallest absolute Gasteiger partial charge is 0.225 e. The molecule has 0 bridgehead atoms. The molecule has 0 radical (unpaired) electrons. The van der Waals surface area contributed by atoms with Gasteiger partial charge >= 0.3 is 0 Å². The van der Waals surface area contributed by atoms with Gasteiger partial charge in [0.15, 0.2) is 5.82 Å². The van der Waals surface area contributed by atoms with Gasteiger partial charge in [0.05, 0.1) is 0 Å². The number of nitrogens with one attached hydrogen (secondary N) is 1. The average molecular weight is 312 g/mol. The minimum absolute atomic E-state index is 0.369. The van der Waals surface area contributed by atoms with Crippen LogP contribution in [-0.4, -0.2) is 38.2 Å². The molecule has 23 heavy (non-hydrogen) atoms. The van der Waals surface area contributed by atoms with E-state index in [1.807, 2.05) is 6.92 Å². The Morgan fingerprint density at radius 1 is 1.04 bits per heavy atom. The van der Waals surface area contributed by atoms with Gasteiger partial charge < -0.3 is 4.90 Å². The Morgan fingerprint density at radius 3 is 2.74 bits per heavy atom. The fourth-order valence-electron chi connectivity index (χ4n) is 3.82. The molecular weight excluding hydrogens is 288 g/mol.